The number of phenols is 6. The average Bonchev–Trinajstić information content (AvgIpc) is 3.20. The van der Waals surface area contributed by atoms with Crippen LogP contribution >= 0.6 is 0 Å². The summed E-state index contributed by atoms with van der Waals surface area (Å²) in [6, 6.07) is 24.6. The summed E-state index contributed by atoms with van der Waals surface area (Å²) in [5, 5.41) is 74.5. The Balaban J connectivity index is 1.55. The molecule has 6 heteroatoms. The first-order valence-corrected chi connectivity index (χ1v) is 24.3. The molecule has 2 aliphatic rings. The molecule has 0 aromatic heterocycles. The predicted octanol–water partition coefficient (Wildman–Crippen LogP) is 14.4. The lowest BCUT2D eigenvalue weighted by Crippen LogP contribution is -2.23. The van der Waals surface area contributed by atoms with Crippen LogP contribution in [0.4, 0.5) is 0 Å². The fourth-order valence-corrected chi connectivity index (χ4v) is 10.6. The van der Waals surface area contributed by atoms with Crippen molar-refractivity contribution in [1.29, 1.82) is 0 Å². The highest BCUT2D eigenvalue weighted by molar-refractivity contribution is 5.73. The van der Waals surface area contributed by atoms with Crippen molar-refractivity contribution in [3.8, 4) is 45.6 Å². The molecule has 6 N–H and O–H groups in total. The largest absolute Gasteiger partial charge is 0.507 e. The van der Waals surface area contributed by atoms with Crippen LogP contribution in [0.25, 0.3) is 11.1 Å². The highest BCUT2D eigenvalue weighted by Gasteiger charge is 2.35. The minimum atomic E-state index is -0.628. The third-order valence-electron chi connectivity index (χ3n) is 15.3. The van der Waals surface area contributed by atoms with Crippen LogP contribution in [-0.2, 0) is 58.2 Å². The summed E-state index contributed by atoms with van der Waals surface area (Å²) in [5.41, 5.74) is 10.8. The number of aromatic hydroxyl groups is 6. The minimum absolute atomic E-state index is 0.0853. The predicted molar refractivity (Wildman–Crippen MR) is 278 cm³/mol. The van der Waals surface area contributed by atoms with Crippen LogP contribution < -0.4 is 0 Å². The van der Waals surface area contributed by atoms with Gasteiger partial charge in [0.2, 0.25) is 0 Å². The first-order valence-electron chi connectivity index (χ1n) is 24.3. The van der Waals surface area contributed by atoms with E-state index in [2.05, 4.69) is 159 Å². The lowest BCUT2D eigenvalue weighted by atomic mass is 9.71. The molecule has 0 saturated carbocycles. The summed E-state index contributed by atoms with van der Waals surface area (Å²) in [4.78, 5) is 0. The molecule has 0 unspecified atom stereocenters. The quantitative estimate of drug-likeness (QED) is 0.0903. The second-order valence-electron chi connectivity index (χ2n) is 25.4. The van der Waals surface area contributed by atoms with Crippen LogP contribution in [-0.4, -0.2) is 30.6 Å². The van der Waals surface area contributed by atoms with Gasteiger partial charge in [-0.05, 0) is 146 Å². The SMILES string of the molecule is CC(C)(C)c1cc2cc(c1O)Cc1cc3cc(c1O)Cc1cc(cc(C(C)(C)C)c1O)C(C)(C)c1cc(c(O)c(C(C)(C)C)c1)Cc1cc-3cc(c1O)Cc1cc(cc(C(C)(C)C)c1O)C2(C)C. The second kappa shape index (κ2) is 15.8. The maximum Gasteiger partial charge on any atom is 0.122 e. The topological polar surface area (TPSA) is 121 Å². The van der Waals surface area contributed by atoms with Gasteiger partial charge in [0.15, 0.2) is 0 Å². The highest BCUT2D eigenvalue weighted by atomic mass is 16.3. The Labute approximate surface area is 405 Å². The highest BCUT2D eigenvalue weighted by Crippen LogP contribution is 2.49. The molecule has 358 valence electrons. The monoisotopic (exact) mass is 915 g/mol. The van der Waals surface area contributed by atoms with Crippen molar-refractivity contribution in [2.24, 2.45) is 0 Å². The van der Waals surface area contributed by atoms with Gasteiger partial charge in [-0.15, -0.1) is 0 Å². The maximum atomic E-state index is 12.6. The molecule has 0 spiro atoms. The maximum absolute atomic E-state index is 12.6. The Kier molecular flexibility index (Phi) is 11.3. The molecule has 0 saturated heterocycles. The molecule has 14 bridgehead atoms. The lowest BCUT2D eigenvalue weighted by molar-refractivity contribution is 0.437. The Morgan fingerprint density at radius 1 is 0.279 bits per heavy atom. The van der Waals surface area contributed by atoms with Gasteiger partial charge in [0, 0.05) is 36.5 Å². The van der Waals surface area contributed by atoms with Crippen LogP contribution in [0.5, 0.6) is 34.5 Å². The molecule has 0 atom stereocenters. The van der Waals surface area contributed by atoms with E-state index in [1.807, 2.05) is 24.3 Å². The lowest BCUT2D eigenvalue weighted by Gasteiger charge is -2.33. The number of hydrogen-bond acceptors (Lipinski definition) is 6. The van der Waals surface area contributed by atoms with E-state index in [0.717, 1.165) is 55.6 Å². The average molecular weight is 915 g/mol. The summed E-state index contributed by atoms with van der Waals surface area (Å²) >= 11 is 0. The van der Waals surface area contributed by atoms with E-state index < -0.39 is 32.5 Å². The van der Waals surface area contributed by atoms with Crippen molar-refractivity contribution in [1.82, 2.24) is 0 Å². The van der Waals surface area contributed by atoms with Crippen molar-refractivity contribution in [3.05, 3.63) is 162 Å². The minimum Gasteiger partial charge on any atom is -0.507 e. The first kappa shape index (κ1) is 48.6. The van der Waals surface area contributed by atoms with Gasteiger partial charge in [0.1, 0.15) is 34.5 Å². The van der Waals surface area contributed by atoms with Gasteiger partial charge < -0.3 is 30.6 Å². The molecule has 8 rings (SSSR count). The Hall–Kier alpha value is -5.88. The smallest absolute Gasteiger partial charge is 0.122 e. The van der Waals surface area contributed by atoms with Crippen LogP contribution in [0.15, 0.2) is 72.8 Å². The van der Waals surface area contributed by atoms with Gasteiger partial charge in [0.25, 0.3) is 0 Å². The molecule has 6 aromatic rings. The third kappa shape index (κ3) is 8.40. The number of fused-ring (bicyclic) bond motifs is 12. The molecule has 0 aliphatic heterocycles. The van der Waals surface area contributed by atoms with Gasteiger partial charge in [-0.1, -0.05) is 159 Å². The molecular weight excluding hydrogens is 841 g/mol. The van der Waals surface area contributed by atoms with Crippen molar-refractivity contribution in [2.75, 3.05) is 0 Å². The third-order valence-corrected chi connectivity index (χ3v) is 15.3. The number of rotatable bonds is 0. The van der Waals surface area contributed by atoms with Crippen LogP contribution in [0, 0.1) is 0 Å². The normalized spacial score (nSPS) is 15.7. The Bertz CT molecular complexity index is 2640. The van der Waals surface area contributed by atoms with Crippen molar-refractivity contribution < 1.29 is 30.6 Å². The molecule has 0 radical (unpaired) electrons. The molecule has 6 aromatic carbocycles. The molecule has 6 nitrogen and oxygen atoms in total. The van der Waals surface area contributed by atoms with E-state index in [9.17, 15) is 30.6 Å². The summed E-state index contributed by atoms with van der Waals surface area (Å²) in [5.74, 6) is 0.895. The zero-order valence-corrected chi connectivity index (χ0v) is 43.4. The van der Waals surface area contributed by atoms with Crippen LogP contribution in [0.2, 0.25) is 0 Å². The first-order chi connectivity index (χ1) is 31.2. The van der Waals surface area contributed by atoms with Crippen LogP contribution in [0.1, 0.15) is 200 Å². The van der Waals surface area contributed by atoms with E-state index in [1.54, 1.807) is 0 Å². The number of phenolic OH excluding ortho intramolecular Hbond substituents is 6. The van der Waals surface area contributed by atoms with E-state index in [0.29, 0.717) is 44.5 Å². The van der Waals surface area contributed by atoms with E-state index in [-0.39, 0.29) is 60.2 Å². The van der Waals surface area contributed by atoms with Crippen molar-refractivity contribution in [2.45, 2.75) is 169 Å². The van der Waals surface area contributed by atoms with E-state index in [4.69, 9.17) is 0 Å². The van der Waals surface area contributed by atoms with Crippen LogP contribution in [0.3, 0.4) is 0 Å². The summed E-state index contributed by atoms with van der Waals surface area (Å²) < 4.78 is 0. The van der Waals surface area contributed by atoms with Gasteiger partial charge in [-0.3, -0.25) is 0 Å². The van der Waals surface area contributed by atoms with Gasteiger partial charge in [-0.25, -0.2) is 0 Å². The van der Waals surface area contributed by atoms with E-state index in [1.165, 1.54) is 0 Å². The zero-order chi connectivity index (χ0) is 50.2. The number of hydrogen-bond donors (Lipinski definition) is 6. The molecule has 68 heavy (non-hydrogen) atoms. The van der Waals surface area contributed by atoms with E-state index >= 15 is 0 Å². The molecule has 0 fully saturated rings. The number of benzene rings is 6. The Morgan fingerprint density at radius 3 is 0.632 bits per heavy atom. The van der Waals surface area contributed by atoms with Crippen molar-refractivity contribution >= 4 is 0 Å². The zero-order valence-electron chi connectivity index (χ0n) is 43.4. The summed E-state index contributed by atoms with van der Waals surface area (Å²) in [6.45, 7) is 33.9. The Morgan fingerprint density at radius 2 is 0.456 bits per heavy atom. The molecule has 0 amide bonds. The molecule has 0 heterocycles. The van der Waals surface area contributed by atoms with Gasteiger partial charge in [0.05, 0.1) is 0 Å². The van der Waals surface area contributed by atoms with Gasteiger partial charge >= 0.3 is 0 Å². The fraction of sp³-hybridized carbons (Fsp3) is 0.419. The van der Waals surface area contributed by atoms with Gasteiger partial charge in [-0.2, -0.15) is 0 Å². The molecular formula is C62H74O6. The second-order valence-corrected chi connectivity index (χ2v) is 25.4. The van der Waals surface area contributed by atoms with Crippen molar-refractivity contribution in [3.63, 3.8) is 0 Å². The summed E-state index contributed by atoms with van der Waals surface area (Å²) in [6.07, 6.45) is 0.829. The molecule has 2 aliphatic carbocycles. The summed E-state index contributed by atoms with van der Waals surface area (Å²) in [7, 11) is 0. The fourth-order valence-electron chi connectivity index (χ4n) is 10.6. The standard InChI is InChI=1S/C62H74O6/c1-57(2,3)47-29-43-25-39(53(47)65)21-35-17-33-18-36(51(35)63)22-41-27-45(31-49(55(41)67)59(7,8)9)62(15,16)46-28-42(56(68)50(32-46)60(10,11)12)24-38-20-34(33)19-37(52(38)64)23-40-26-44(61(43,13)14)30-48(54(40)66)58(4,5)6/h17-20,25-32,63-68H,21-24H2,1-16H3.